The summed E-state index contributed by atoms with van der Waals surface area (Å²) in [5, 5.41) is 21.6. The highest BCUT2D eigenvalue weighted by atomic mass is 16.5. The number of aromatic carboxylic acids is 2. The van der Waals surface area contributed by atoms with Gasteiger partial charge in [0.2, 0.25) is 0 Å². The molecule has 0 amide bonds. The first-order valence-electron chi connectivity index (χ1n) is 11.0. The summed E-state index contributed by atoms with van der Waals surface area (Å²) in [6.45, 7) is 4.00. The highest BCUT2D eigenvalue weighted by molar-refractivity contribution is 6.02. The molecule has 174 valence electrons. The van der Waals surface area contributed by atoms with E-state index in [2.05, 4.69) is 16.5 Å². The Bertz CT molecular complexity index is 1480. The number of nitrogens with one attached hydrogen (secondary N) is 2. The molecule has 0 saturated heterocycles. The molecule has 0 fully saturated rings. The van der Waals surface area contributed by atoms with Crippen LogP contribution in [0.15, 0.2) is 85.5 Å². The van der Waals surface area contributed by atoms with Gasteiger partial charge in [-0.25, -0.2) is 9.59 Å². The molecule has 7 nitrogen and oxygen atoms in total. The first-order chi connectivity index (χ1) is 17.0. The topological polar surface area (TPSA) is 115 Å². The third-order valence-electron chi connectivity index (χ3n) is 6.08. The number of H-pyrrole nitrogens is 2. The standard InChI is InChI=1S/C28H22N2O5/c1-2-15-35-17-13-11-16(12-14-17)22(23-18-7-3-5-9-20(18)29-25(23)27(31)32)24-19-8-4-6-10-21(19)30-26(24)28(33)34/h2-14,22,29-30H,1,15H2,(H,31,32)(H,33,34). The quantitative estimate of drug-likeness (QED) is 0.216. The van der Waals surface area contributed by atoms with Crippen molar-refractivity contribution in [3.8, 4) is 5.75 Å². The molecule has 0 bridgehead atoms. The van der Waals surface area contributed by atoms with Crippen LogP contribution in [0, 0.1) is 0 Å². The molecule has 0 radical (unpaired) electrons. The fourth-order valence-electron chi connectivity index (χ4n) is 4.65. The van der Waals surface area contributed by atoms with Gasteiger partial charge in [0.25, 0.3) is 0 Å². The van der Waals surface area contributed by atoms with Crippen molar-refractivity contribution in [1.29, 1.82) is 0 Å². The molecule has 0 aliphatic heterocycles. The number of aromatic amines is 2. The van der Waals surface area contributed by atoms with Crippen LogP contribution in [-0.2, 0) is 0 Å². The normalized spacial score (nSPS) is 11.2. The molecule has 2 heterocycles. The second-order valence-corrected chi connectivity index (χ2v) is 8.13. The lowest BCUT2D eigenvalue weighted by Crippen LogP contribution is -2.13. The molecule has 0 aliphatic rings. The van der Waals surface area contributed by atoms with Gasteiger partial charge in [0, 0.05) is 38.9 Å². The zero-order valence-electron chi connectivity index (χ0n) is 18.6. The number of fused-ring (bicyclic) bond motifs is 2. The van der Waals surface area contributed by atoms with Gasteiger partial charge < -0.3 is 24.9 Å². The maximum atomic E-state index is 12.4. The van der Waals surface area contributed by atoms with Crippen molar-refractivity contribution >= 4 is 33.7 Å². The predicted octanol–water partition coefficient (Wildman–Crippen LogP) is 5.79. The summed E-state index contributed by atoms with van der Waals surface area (Å²) in [5.74, 6) is -2.30. The van der Waals surface area contributed by atoms with Gasteiger partial charge in [-0.1, -0.05) is 61.2 Å². The summed E-state index contributed by atoms with van der Waals surface area (Å²) < 4.78 is 5.62. The van der Waals surface area contributed by atoms with Crippen molar-refractivity contribution in [1.82, 2.24) is 9.97 Å². The Morgan fingerprint density at radius 2 is 1.29 bits per heavy atom. The van der Waals surface area contributed by atoms with E-state index in [4.69, 9.17) is 4.74 Å². The number of benzene rings is 3. The van der Waals surface area contributed by atoms with Crippen LogP contribution in [0.25, 0.3) is 21.8 Å². The first kappa shape index (κ1) is 22.0. The number of aromatic nitrogens is 2. The summed E-state index contributed by atoms with van der Waals surface area (Å²) in [5.41, 5.74) is 3.09. The Balaban J connectivity index is 1.85. The van der Waals surface area contributed by atoms with Crippen LogP contribution in [0.3, 0.4) is 0 Å². The van der Waals surface area contributed by atoms with Crippen LogP contribution in [0.2, 0.25) is 0 Å². The Morgan fingerprint density at radius 1 is 0.800 bits per heavy atom. The van der Waals surface area contributed by atoms with E-state index in [1.807, 2.05) is 60.7 Å². The largest absolute Gasteiger partial charge is 0.490 e. The summed E-state index contributed by atoms with van der Waals surface area (Å²) in [6.07, 6.45) is 1.65. The van der Waals surface area contributed by atoms with Crippen molar-refractivity contribution in [2.75, 3.05) is 6.61 Å². The molecule has 35 heavy (non-hydrogen) atoms. The van der Waals surface area contributed by atoms with Crippen molar-refractivity contribution < 1.29 is 24.5 Å². The number of para-hydroxylation sites is 2. The van der Waals surface area contributed by atoms with Gasteiger partial charge in [-0.2, -0.15) is 0 Å². The first-order valence-corrected chi connectivity index (χ1v) is 11.0. The minimum Gasteiger partial charge on any atom is -0.490 e. The fourth-order valence-corrected chi connectivity index (χ4v) is 4.65. The van der Waals surface area contributed by atoms with Gasteiger partial charge >= 0.3 is 11.9 Å². The number of hydrogen-bond acceptors (Lipinski definition) is 3. The van der Waals surface area contributed by atoms with E-state index in [0.717, 1.165) is 5.56 Å². The van der Waals surface area contributed by atoms with Gasteiger partial charge in [-0.05, 0) is 29.8 Å². The van der Waals surface area contributed by atoms with Gasteiger partial charge in [0.15, 0.2) is 0 Å². The second kappa shape index (κ2) is 8.87. The van der Waals surface area contributed by atoms with Crippen LogP contribution in [0.4, 0.5) is 0 Å². The Kier molecular flexibility index (Phi) is 5.58. The average molecular weight is 466 g/mol. The minimum atomic E-state index is -1.12. The Labute approximate surface area is 200 Å². The molecule has 4 N–H and O–H groups in total. The molecule has 0 atom stereocenters. The van der Waals surface area contributed by atoms with Crippen molar-refractivity contribution in [3.63, 3.8) is 0 Å². The van der Waals surface area contributed by atoms with E-state index in [1.165, 1.54) is 0 Å². The molecular weight excluding hydrogens is 444 g/mol. The van der Waals surface area contributed by atoms with E-state index in [-0.39, 0.29) is 11.4 Å². The van der Waals surface area contributed by atoms with Crippen LogP contribution in [-0.4, -0.2) is 38.7 Å². The smallest absolute Gasteiger partial charge is 0.352 e. The monoisotopic (exact) mass is 466 g/mol. The molecule has 7 heteroatoms. The average Bonchev–Trinajstić information content (AvgIpc) is 3.44. The molecule has 0 unspecified atom stereocenters. The zero-order chi connectivity index (χ0) is 24.5. The number of carbonyl (C=O) groups is 2. The highest BCUT2D eigenvalue weighted by Gasteiger charge is 2.32. The molecule has 2 aromatic heterocycles. The summed E-state index contributed by atoms with van der Waals surface area (Å²) >= 11 is 0. The van der Waals surface area contributed by atoms with Crippen LogP contribution < -0.4 is 4.74 Å². The fraction of sp³-hybridized carbons (Fsp3) is 0.0714. The van der Waals surface area contributed by atoms with E-state index in [1.54, 1.807) is 18.2 Å². The van der Waals surface area contributed by atoms with E-state index < -0.39 is 17.9 Å². The maximum absolute atomic E-state index is 12.4. The lowest BCUT2D eigenvalue weighted by molar-refractivity contribution is 0.0681. The molecular formula is C28H22N2O5. The molecule has 3 aromatic carbocycles. The lowest BCUT2D eigenvalue weighted by atomic mass is 9.82. The number of rotatable bonds is 8. The van der Waals surface area contributed by atoms with E-state index in [0.29, 0.717) is 45.3 Å². The maximum Gasteiger partial charge on any atom is 0.352 e. The third-order valence-corrected chi connectivity index (χ3v) is 6.08. The predicted molar refractivity (Wildman–Crippen MR) is 134 cm³/mol. The summed E-state index contributed by atoms with van der Waals surface area (Å²) in [6, 6.07) is 21.9. The highest BCUT2D eigenvalue weighted by Crippen LogP contribution is 2.43. The number of ether oxygens (including phenoxy) is 1. The summed E-state index contributed by atoms with van der Waals surface area (Å²) in [4.78, 5) is 30.8. The van der Waals surface area contributed by atoms with E-state index >= 15 is 0 Å². The Hall–Kier alpha value is -4.78. The SMILES string of the molecule is C=CCOc1ccc(C(c2c(C(=O)O)[nH]c3ccccc23)c2c(C(=O)O)[nH]c3ccccc23)cc1. The molecule has 0 spiro atoms. The Morgan fingerprint density at radius 3 is 1.74 bits per heavy atom. The van der Waals surface area contributed by atoms with Crippen LogP contribution >= 0.6 is 0 Å². The van der Waals surface area contributed by atoms with Gasteiger partial charge in [-0.15, -0.1) is 0 Å². The van der Waals surface area contributed by atoms with Gasteiger partial charge in [0.05, 0.1) is 0 Å². The van der Waals surface area contributed by atoms with Crippen LogP contribution in [0.1, 0.15) is 43.6 Å². The third kappa shape index (κ3) is 3.83. The van der Waals surface area contributed by atoms with Crippen molar-refractivity contribution in [2.24, 2.45) is 0 Å². The minimum absolute atomic E-state index is 0.0183. The lowest BCUT2D eigenvalue weighted by Gasteiger charge is -2.20. The van der Waals surface area contributed by atoms with E-state index in [9.17, 15) is 19.8 Å². The zero-order valence-corrected chi connectivity index (χ0v) is 18.6. The number of carboxylic acids is 2. The van der Waals surface area contributed by atoms with Crippen molar-refractivity contribution in [2.45, 2.75) is 5.92 Å². The molecule has 0 saturated carbocycles. The molecule has 5 rings (SSSR count). The second-order valence-electron chi connectivity index (χ2n) is 8.13. The van der Waals surface area contributed by atoms with Crippen LogP contribution in [0.5, 0.6) is 5.75 Å². The molecule has 5 aromatic rings. The number of hydrogen-bond donors (Lipinski definition) is 4. The molecule has 0 aliphatic carbocycles. The van der Waals surface area contributed by atoms with Crippen molar-refractivity contribution in [3.05, 3.63) is 114 Å². The van der Waals surface area contributed by atoms with Gasteiger partial charge in [-0.3, -0.25) is 0 Å². The van der Waals surface area contributed by atoms with Gasteiger partial charge in [0.1, 0.15) is 23.7 Å². The number of carboxylic acid groups (broad SMARTS) is 2. The summed E-state index contributed by atoms with van der Waals surface area (Å²) in [7, 11) is 0.